The second kappa shape index (κ2) is 2.81. The molecule has 0 saturated heterocycles. The zero-order valence-corrected chi connectivity index (χ0v) is 6.84. The topological polar surface area (TPSA) is 63.3 Å². The van der Waals surface area contributed by atoms with E-state index >= 15 is 0 Å². The molecular formula is C8H15NO2. The third kappa shape index (κ3) is 1.53. The lowest BCUT2D eigenvalue weighted by Gasteiger charge is -2.27. The van der Waals surface area contributed by atoms with E-state index < -0.39 is 12.0 Å². The van der Waals surface area contributed by atoms with Gasteiger partial charge in [-0.25, -0.2) is 0 Å². The van der Waals surface area contributed by atoms with E-state index in [1.54, 1.807) is 0 Å². The molecule has 3 nitrogen and oxygen atoms in total. The van der Waals surface area contributed by atoms with E-state index in [9.17, 15) is 4.79 Å². The summed E-state index contributed by atoms with van der Waals surface area (Å²) in [5, 5.41) is 8.68. The molecule has 0 aliphatic heterocycles. The van der Waals surface area contributed by atoms with E-state index in [0.29, 0.717) is 0 Å². The quantitative estimate of drug-likeness (QED) is 0.628. The van der Waals surface area contributed by atoms with Gasteiger partial charge in [-0.2, -0.15) is 0 Å². The summed E-state index contributed by atoms with van der Waals surface area (Å²) >= 11 is 0. The normalized spacial score (nSPS) is 24.9. The summed E-state index contributed by atoms with van der Waals surface area (Å²) in [4.78, 5) is 10.6. The molecule has 11 heavy (non-hydrogen) atoms. The molecule has 0 radical (unpaired) electrons. The van der Waals surface area contributed by atoms with Gasteiger partial charge >= 0.3 is 5.97 Å². The molecule has 0 aromatic rings. The van der Waals surface area contributed by atoms with Crippen molar-refractivity contribution in [2.75, 3.05) is 0 Å². The lowest BCUT2D eigenvalue weighted by molar-refractivity contribution is -0.141. The summed E-state index contributed by atoms with van der Waals surface area (Å²) in [5.74, 6) is -0.866. The van der Waals surface area contributed by atoms with Crippen LogP contribution in [0.4, 0.5) is 0 Å². The molecule has 1 aliphatic carbocycles. The van der Waals surface area contributed by atoms with E-state index in [4.69, 9.17) is 10.8 Å². The van der Waals surface area contributed by atoms with Gasteiger partial charge in [0, 0.05) is 0 Å². The summed E-state index contributed by atoms with van der Waals surface area (Å²) < 4.78 is 0. The molecule has 3 N–H and O–H groups in total. The first-order valence-corrected chi connectivity index (χ1v) is 4.05. The molecule has 1 atom stereocenters. The van der Waals surface area contributed by atoms with Crippen LogP contribution in [0.15, 0.2) is 0 Å². The molecule has 1 saturated carbocycles. The van der Waals surface area contributed by atoms with Crippen LogP contribution in [-0.2, 0) is 4.79 Å². The average molecular weight is 157 g/mol. The summed E-state index contributed by atoms with van der Waals surface area (Å²) in [7, 11) is 0. The molecule has 1 aliphatic rings. The number of carboxylic acids is 1. The molecule has 0 bridgehead atoms. The highest BCUT2D eigenvalue weighted by atomic mass is 16.4. The van der Waals surface area contributed by atoms with Crippen molar-refractivity contribution in [2.24, 2.45) is 11.1 Å². The average Bonchev–Trinajstić information content (AvgIpc) is 2.35. The Labute approximate surface area is 66.6 Å². The smallest absolute Gasteiger partial charge is 0.321 e. The summed E-state index contributed by atoms with van der Waals surface area (Å²) in [5.41, 5.74) is 5.41. The van der Waals surface area contributed by atoms with Crippen LogP contribution in [0.2, 0.25) is 0 Å². The van der Waals surface area contributed by atoms with Crippen LogP contribution in [0.3, 0.4) is 0 Å². The summed E-state index contributed by atoms with van der Waals surface area (Å²) in [6.07, 6.45) is 4.16. The molecule has 0 spiro atoms. The third-order valence-electron chi connectivity index (χ3n) is 2.76. The molecule has 0 aromatic heterocycles. The first kappa shape index (κ1) is 8.53. The van der Waals surface area contributed by atoms with E-state index in [0.717, 1.165) is 25.7 Å². The van der Waals surface area contributed by atoms with Crippen molar-refractivity contribution >= 4 is 5.97 Å². The first-order chi connectivity index (χ1) is 5.06. The fraction of sp³-hybridized carbons (Fsp3) is 0.875. The second-order valence-corrected chi connectivity index (χ2v) is 3.68. The van der Waals surface area contributed by atoms with Crippen LogP contribution in [0.1, 0.15) is 32.6 Å². The first-order valence-electron chi connectivity index (χ1n) is 4.05. The van der Waals surface area contributed by atoms with Gasteiger partial charge in [0.25, 0.3) is 0 Å². The number of hydrogen-bond donors (Lipinski definition) is 2. The number of carboxylic acid groups (broad SMARTS) is 1. The lowest BCUT2D eigenvalue weighted by Crippen LogP contribution is -2.44. The zero-order chi connectivity index (χ0) is 8.48. The van der Waals surface area contributed by atoms with Gasteiger partial charge in [-0.1, -0.05) is 19.8 Å². The fourth-order valence-electron chi connectivity index (χ4n) is 1.79. The molecule has 0 heterocycles. The van der Waals surface area contributed by atoms with E-state index in [2.05, 4.69) is 0 Å². The van der Waals surface area contributed by atoms with E-state index in [1.807, 2.05) is 6.92 Å². The predicted molar refractivity (Wildman–Crippen MR) is 42.2 cm³/mol. The largest absolute Gasteiger partial charge is 0.480 e. The highest BCUT2D eigenvalue weighted by molar-refractivity contribution is 5.74. The van der Waals surface area contributed by atoms with E-state index in [-0.39, 0.29) is 5.41 Å². The number of rotatable bonds is 2. The fourth-order valence-corrected chi connectivity index (χ4v) is 1.79. The van der Waals surface area contributed by atoms with Crippen molar-refractivity contribution in [3.8, 4) is 0 Å². The number of hydrogen-bond acceptors (Lipinski definition) is 2. The minimum absolute atomic E-state index is 0.147. The molecular weight excluding hydrogens is 142 g/mol. The van der Waals surface area contributed by atoms with Gasteiger partial charge in [-0.15, -0.1) is 0 Å². The van der Waals surface area contributed by atoms with Crippen molar-refractivity contribution in [1.82, 2.24) is 0 Å². The maximum Gasteiger partial charge on any atom is 0.321 e. The summed E-state index contributed by atoms with van der Waals surface area (Å²) in [6, 6.07) is -0.676. The number of aliphatic carboxylic acids is 1. The van der Waals surface area contributed by atoms with Crippen molar-refractivity contribution in [2.45, 2.75) is 38.6 Å². The van der Waals surface area contributed by atoms with Crippen LogP contribution in [0.25, 0.3) is 0 Å². The molecule has 0 amide bonds. The van der Waals surface area contributed by atoms with Gasteiger partial charge in [0.05, 0.1) is 0 Å². The number of carbonyl (C=O) groups is 1. The Kier molecular flexibility index (Phi) is 2.18. The molecule has 1 fully saturated rings. The maximum atomic E-state index is 10.6. The van der Waals surface area contributed by atoms with Gasteiger partial charge < -0.3 is 10.8 Å². The van der Waals surface area contributed by atoms with Gasteiger partial charge in [-0.05, 0) is 18.3 Å². The van der Waals surface area contributed by atoms with Crippen LogP contribution in [-0.4, -0.2) is 17.1 Å². The molecule has 3 heteroatoms. The van der Waals surface area contributed by atoms with Crippen LogP contribution in [0.5, 0.6) is 0 Å². The summed E-state index contributed by atoms with van der Waals surface area (Å²) in [6.45, 7) is 1.97. The Morgan fingerprint density at radius 3 is 2.36 bits per heavy atom. The van der Waals surface area contributed by atoms with Crippen LogP contribution < -0.4 is 5.73 Å². The SMILES string of the molecule is CC1(C(N)C(=O)O)CCCC1. The minimum atomic E-state index is -0.866. The second-order valence-electron chi connectivity index (χ2n) is 3.68. The Morgan fingerprint density at radius 2 is 2.00 bits per heavy atom. The monoisotopic (exact) mass is 157 g/mol. The molecule has 0 aromatic carbocycles. The third-order valence-corrected chi connectivity index (χ3v) is 2.76. The molecule has 1 rings (SSSR count). The van der Waals surface area contributed by atoms with E-state index in [1.165, 1.54) is 0 Å². The molecule has 1 unspecified atom stereocenters. The Bertz CT molecular complexity index is 161. The van der Waals surface area contributed by atoms with Gasteiger partial charge in [-0.3, -0.25) is 4.79 Å². The van der Waals surface area contributed by atoms with Gasteiger partial charge in [0.2, 0.25) is 0 Å². The van der Waals surface area contributed by atoms with Crippen LogP contribution >= 0.6 is 0 Å². The lowest BCUT2D eigenvalue weighted by atomic mass is 9.81. The van der Waals surface area contributed by atoms with Gasteiger partial charge in [0.15, 0.2) is 0 Å². The predicted octanol–water partition coefficient (Wildman–Crippen LogP) is 0.979. The standard InChI is InChI=1S/C8H15NO2/c1-8(4-2-3-5-8)6(9)7(10)11/h6H,2-5,9H2,1H3,(H,10,11). The van der Waals surface area contributed by atoms with Crippen molar-refractivity contribution in [1.29, 1.82) is 0 Å². The van der Waals surface area contributed by atoms with Crippen molar-refractivity contribution in [3.63, 3.8) is 0 Å². The highest BCUT2D eigenvalue weighted by Crippen LogP contribution is 2.39. The minimum Gasteiger partial charge on any atom is -0.480 e. The van der Waals surface area contributed by atoms with Crippen LogP contribution in [0, 0.1) is 5.41 Å². The number of nitrogens with two attached hydrogens (primary N) is 1. The van der Waals surface area contributed by atoms with Crippen molar-refractivity contribution in [3.05, 3.63) is 0 Å². The van der Waals surface area contributed by atoms with Gasteiger partial charge in [0.1, 0.15) is 6.04 Å². The Balaban J connectivity index is 2.63. The Morgan fingerprint density at radius 1 is 1.55 bits per heavy atom. The Hall–Kier alpha value is -0.570. The van der Waals surface area contributed by atoms with Crippen molar-refractivity contribution < 1.29 is 9.90 Å². The highest BCUT2D eigenvalue weighted by Gasteiger charge is 2.38. The zero-order valence-electron chi connectivity index (χ0n) is 6.84. The molecule has 64 valence electrons. The maximum absolute atomic E-state index is 10.6.